The maximum Gasteiger partial charge on any atom is 0.417 e. The number of halogens is 3. The smallest absolute Gasteiger partial charge is 0.369 e. The lowest BCUT2D eigenvalue weighted by molar-refractivity contribution is -0.139. The highest BCUT2D eigenvalue weighted by molar-refractivity contribution is 7.89. The second-order valence-electron chi connectivity index (χ2n) is 12.7. The molecular weight excluding hydrogens is 593 g/mol. The Morgan fingerprint density at radius 3 is 2.07 bits per heavy atom. The van der Waals surface area contributed by atoms with Gasteiger partial charge < -0.3 is 10.3 Å². The highest BCUT2D eigenvalue weighted by atomic mass is 32.2. The monoisotopic (exact) mass is 634 g/mol. The summed E-state index contributed by atoms with van der Waals surface area (Å²) in [5, 5.41) is 0. The molecule has 3 rings (SSSR count). The van der Waals surface area contributed by atoms with Gasteiger partial charge in [-0.05, 0) is 84.1 Å². The molecule has 1 heterocycles. The first kappa shape index (κ1) is 34.1. The van der Waals surface area contributed by atoms with Crippen LogP contribution >= 0.6 is 0 Å². The zero-order valence-electron chi connectivity index (χ0n) is 24.9. The summed E-state index contributed by atoms with van der Waals surface area (Å²) in [6, 6.07) is 4.22. The van der Waals surface area contributed by atoms with Crippen LogP contribution < -0.4 is 15.2 Å². The number of nitrogens with one attached hydrogen (secondary N) is 2. The Morgan fingerprint density at radius 1 is 0.952 bits per heavy atom. The SMILES string of the molecule is Cc1c(S(=O)(=O)NCC(C)(C)C(N)=O)cc(-c2ccc(S(=O)(=O)NC(C)(C)C)c(C(F)(F)F)c2)n1CC1CCCCC1. The van der Waals surface area contributed by atoms with Crippen LogP contribution in [0.1, 0.15) is 78.0 Å². The van der Waals surface area contributed by atoms with Gasteiger partial charge in [-0.3, -0.25) is 4.79 Å². The number of carbonyl (C=O) groups is 1. The van der Waals surface area contributed by atoms with E-state index >= 15 is 0 Å². The van der Waals surface area contributed by atoms with Crippen molar-refractivity contribution in [3.8, 4) is 11.3 Å². The number of sulfonamides is 2. The number of primary amides is 1. The number of amides is 1. The maximum atomic E-state index is 14.3. The Hall–Kier alpha value is -2.42. The Labute approximate surface area is 246 Å². The van der Waals surface area contributed by atoms with E-state index in [4.69, 9.17) is 5.73 Å². The molecule has 1 aliphatic rings. The van der Waals surface area contributed by atoms with Gasteiger partial charge in [-0.1, -0.05) is 25.3 Å². The number of hydrogen-bond donors (Lipinski definition) is 3. The van der Waals surface area contributed by atoms with Crippen molar-refractivity contribution < 1.29 is 34.8 Å². The van der Waals surface area contributed by atoms with Gasteiger partial charge >= 0.3 is 6.18 Å². The number of carbonyl (C=O) groups excluding carboxylic acids is 1. The van der Waals surface area contributed by atoms with Crippen LogP contribution in [0.3, 0.4) is 0 Å². The van der Waals surface area contributed by atoms with Crippen molar-refractivity contribution in [3.05, 3.63) is 35.5 Å². The number of aromatic nitrogens is 1. The number of nitrogens with two attached hydrogens (primary N) is 1. The minimum Gasteiger partial charge on any atom is -0.369 e. The zero-order valence-corrected chi connectivity index (χ0v) is 26.5. The summed E-state index contributed by atoms with van der Waals surface area (Å²) in [7, 11) is -8.74. The molecule has 0 saturated heterocycles. The third kappa shape index (κ3) is 7.94. The largest absolute Gasteiger partial charge is 0.417 e. The van der Waals surface area contributed by atoms with Gasteiger partial charge in [0, 0.05) is 30.0 Å². The lowest BCUT2D eigenvalue weighted by atomic mass is 9.89. The quantitative estimate of drug-likeness (QED) is 0.340. The number of benzene rings is 1. The lowest BCUT2D eigenvalue weighted by Crippen LogP contribution is -2.42. The molecule has 1 aromatic carbocycles. The third-order valence-corrected chi connectivity index (χ3v) is 10.8. The minimum atomic E-state index is -5.01. The Balaban J connectivity index is 2.19. The molecule has 0 aliphatic heterocycles. The molecule has 1 aliphatic carbocycles. The van der Waals surface area contributed by atoms with Crippen LogP contribution in [-0.2, 0) is 37.6 Å². The van der Waals surface area contributed by atoms with Crippen molar-refractivity contribution >= 4 is 26.0 Å². The van der Waals surface area contributed by atoms with E-state index in [0.29, 0.717) is 12.2 Å². The predicted octanol–water partition coefficient (Wildman–Crippen LogP) is 4.93. The third-order valence-electron chi connectivity index (χ3n) is 7.46. The molecule has 4 N–H and O–H groups in total. The molecule has 1 amide bonds. The number of alkyl halides is 3. The second-order valence-corrected chi connectivity index (χ2v) is 16.1. The molecule has 0 spiro atoms. The van der Waals surface area contributed by atoms with Gasteiger partial charge in [-0.2, -0.15) is 13.2 Å². The number of rotatable bonds is 10. The van der Waals surface area contributed by atoms with Crippen LogP contribution in [0.2, 0.25) is 0 Å². The molecule has 2 aromatic rings. The highest BCUT2D eigenvalue weighted by Crippen LogP contribution is 2.39. The zero-order chi connectivity index (χ0) is 31.9. The molecule has 236 valence electrons. The Morgan fingerprint density at radius 2 is 1.55 bits per heavy atom. The van der Waals surface area contributed by atoms with Crippen molar-refractivity contribution in [2.24, 2.45) is 17.1 Å². The first-order chi connectivity index (χ1) is 19.1. The molecule has 0 radical (unpaired) electrons. The summed E-state index contributed by atoms with van der Waals surface area (Å²) < 4.78 is 102. The summed E-state index contributed by atoms with van der Waals surface area (Å²) >= 11 is 0. The van der Waals surface area contributed by atoms with Gasteiger partial charge in [-0.15, -0.1) is 0 Å². The van der Waals surface area contributed by atoms with Crippen molar-refractivity contribution in [1.82, 2.24) is 14.0 Å². The number of nitrogens with zero attached hydrogens (tertiary/aromatic N) is 1. The van der Waals surface area contributed by atoms with E-state index in [1.54, 1.807) is 11.5 Å². The minimum absolute atomic E-state index is 0.0230. The van der Waals surface area contributed by atoms with Crippen LogP contribution in [0.25, 0.3) is 11.3 Å². The summed E-state index contributed by atoms with van der Waals surface area (Å²) in [5.41, 5.74) is 2.38. The molecule has 0 bridgehead atoms. The van der Waals surface area contributed by atoms with E-state index in [9.17, 15) is 34.8 Å². The van der Waals surface area contributed by atoms with E-state index in [1.807, 2.05) is 0 Å². The summed E-state index contributed by atoms with van der Waals surface area (Å²) in [6.45, 7) is 9.24. The molecule has 0 unspecified atom stereocenters. The summed E-state index contributed by atoms with van der Waals surface area (Å²) in [6.07, 6.45) is -0.131. The first-order valence-corrected chi connectivity index (χ1v) is 16.8. The van der Waals surface area contributed by atoms with Crippen LogP contribution in [-0.4, -0.2) is 39.4 Å². The first-order valence-electron chi connectivity index (χ1n) is 13.8. The number of hydrogen-bond acceptors (Lipinski definition) is 5. The van der Waals surface area contributed by atoms with Gasteiger partial charge in [0.25, 0.3) is 0 Å². The summed E-state index contributed by atoms with van der Waals surface area (Å²) in [4.78, 5) is 10.7. The maximum absolute atomic E-state index is 14.3. The second kappa shape index (κ2) is 11.9. The molecule has 42 heavy (non-hydrogen) atoms. The van der Waals surface area contributed by atoms with Crippen molar-refractivity contribution in [2.75, 3.05) is 6.54 Å². The fourth-order valence-electron chi connectivity index (χ4n) is 5.04. The normalized spacial score (nSPS) is 16.1. The van der Waals surface area contributed by atoms with Gasteiger partial charge in [0.15, 0.2) is 0 Å². The standard InChI is InChI=1S/C28H41F3N4O5S2/c1-18-24(41(37,38)33-17-27(5,6)25(32)36)15-22(35(18)16-19-10-8-7-9-11-19)20-12-13-23(21(14-20)28(29,30)31)42(39,40)34-26(2,3)4/h12-15,19,33-34H,7-11,16-17H2,1-6H3,(H2,32,36). The average Bonchev–Trinajstić information content (AvgIpc) is 3.18. The van der Waals surface area contributed by atoms with Crippen LogP contribution in [0.5, 0.6) is 0 Å². The molecule has 14 heteroatoms. The van der Waals surface area contributed by atoms with Gasteiger partial charge in [0.2, 0.25) is 26.0 Å². The molecule has 1 fully saturated rings. The van der Waals surface area contributed by atoms with Gasteiger partial charge in [0.1, 0.15) is 4.90 Å². The fraction of sp³-hybridized carbons (Fsp3) is 0.607. The molecule has 1 aromatic heterocycles. The topological polar surface area (TPSA) is 140 Å². The summed E-state index contributed by atoms with van der Waals surface area (Å²) in [5.74, 6) is -0.508. The van der Waals surface area contributed by atoms with E-state index in [1.165, 1.54) is 46.8 Å². The van der Waals surface area contributed by atoms with Crippen LogP contribution in [0, 0.1) is 18.3 Å². The van der Waals surface area contributed by atoms with E-state index < -0.39 is 53.5 Å². The van der Waals surface area contributed by atoms with Gasteiger partial charge in [0.05, 0.1) is 15.9 Å². The highest BCUT2D eigenvalue weighted by Gasteiger charge is 2.39. The van der Waals surface area contributed by atoms with Crippen molar-refractivity contribution in [1.29, 1.82) is 0 Å². The van der Waals surface area contributed by atoms with Gasteiger partial charge in [-0.25, -0.2) is 26.3 Å². The molecule has 9 nitrogen and oxygen atoms in total. The average molecular weight is 635 g/mol. The van der Waals surface area contributed by atoms with E-state index in [-0.39, 0.29) is 28.6 Å². The van der Waals surface area contributed by atoms with Crippen molar-refractivity contribution in [3.63, 3.8) is 0 Å². The van der Waals surface area contributed by atoms with E-state index in [2.05, 4.69) is 9.44 Å². The van der Waals surface area contributed by atoms with E-state index in [0.717, 1.165) is 44.2 Å². The Kier molecular flexibility index (Phi) is 9.68. The predicted molar refractivity (Wildman–Crippen MR) is 154 cm³/mol. The molecular formula is C28H41F3N4O5S2. The lowest BCUT2D eigenvalue weighted by Gasteiger charge is -2.25. The molecule has 0 atom stereocenters. The van der Waals surface area contributed by atoms with Crippen molar-refractivity contribution in [2.45, 2.75) is 102 Å². The van der Waals surface area contributed by atoms with Crippen LogP contribution in [0.15, 0.2) is 34.1 Å². The Bertz CT molecular complexity index is 1530. The fourth-order valence-corrected chi connectivity index (χ4v) is 8.14. The van der Waals surface area contributed by atoms with Crippen LogP contribution in [0.4, 0.5) is 13.2 Å². The molecule has 1 saturated carbocycles.